The Kier molecular flexibility index (Phi) is 2.94. The van der Waals surface area contributed by atoms with Gasteiger partial charge in [-0.25, -0.2) is 0 Å². The van der Waals surface area contributed by atoms with Gasteiger partial charge in [-0.3, -0.25) is 4.79 Å². The molecular formula is C9H9NOS. The Morgan fingerprint density at radius 3 is 2.42 bits per heavy atom. The molecule has 3 heteroatoms. The molecule has 0 saturated heterocycles. The maximum absolute atomic E-state index is 10.6. The van der Waals surface area contributed by atoms with Gasteiger partial charge in [0, 0.05) is 12.5 Å². The van der Waals surface area contributed by atoms with Crippen molar-refractivity contribution in [1.29, 1.82) is 0 Å². The molecule has 0 fully saturated rings. The first-order valence-corrected chi connectivity index (χ1v) is 3.98. The van der Waals surface area contributed by atoms with Gasteiger partial charge in [0.2, 0.25) is 5.91 Å². The van der Waals surface area contributed by atoms with Gasteiger partial charge in [-0.2, -0.15) is 0 Å². The first-order chi connectivity index (χ1) is 5.70. The predicted octanol–water partition coefficient (Wildman–Crippen LogP) is 1.50. The molecule has 1 N–H and O–H groups in total. The lowest BCUT2D eigenvalue weighted by atomic mass is 10.2. The van der Waals surface area contributed by atoms with Crippen LogP contribution in [-0.2, 0) is 4.79 Å². The van der Waals surface area contributed by atoms with E-state index in [1.54, 1.807) is 0 Å². The maximum atomic E-state index is 10.6. The van der Waals surface area contributed by atoms with Gasteiger partial charge in [0.05, 0.1) is 0 Å². The average Bonchev–Trinajstić information content (AvgIpc) is 2.05. The third-order valence-corrected chi connectivity index (χ3v) is 1.66. The van der Waals surface area contributed by atoms with Gasteiger partial charge in [0.1, 0.15) is 4.99 Å². The van der Waals surface area contributed by atoms with Crippen LogP contribution in [0.1, 0.15) is 12.5 Å². The summed E-state index contributed by atoms with van der Waals surface area (Å²) >= 11 is 4.96. The van der Waals surface area contributed by atoms with E-state index in [2.05, 4.69) is 5.32 Å². The van der Waals surface area contributed by atoms with E-state index in [0.29, 0.717) is 4.99 Å². The lowest BCUT2D eigenvalue weighted by Gasteiger charge is -2.02. The summed E-state index contributed by atoms with van der Waals surface area (Å²) in [5.74, 6) is -0.135. The van der Waals surface area contributed by atoms with Gasteiger partial charge < -0.3 is 5.32 Å². The van der Waals surface area contributed by atoms with E-state index in [-0.39, 0.29) is 5.91 Å². The fraction of sp³-hybridized carbons (Fsp3) is 0.111. The molecule has 1 rings (SSSR count). The molecule has 0 heterocycles. The molecule has 62 valence electrons. The number of thiocarbonyl (C=S) groups is 1. The molecule has 1 aromatic rings. The minimum Gasteiger partial charge on any atom is -0.317 e. The van der Waals surface area contributed by atoms with Crippen LogP contribution in [0.25, 0.3) is 0 Å². The monoisotopic (exact) mass is 179 g/mol. The number of nitrogens with one attached hydrogen (secondary N) is 1. The molecule has 0 aliphatic carbocycles. The maximum Gasteiger partial charge on any atom is 0.221 e. The summed E-state index contributed by atoms with van der Waals surface area (Å²) in [6.45, 7) is 1.44. The molecule has 1 amide bonds. The van der Waals surface area contributed by atoms with E-state index < -0.39 is 0 Å². The molecular weight excluding hydrogens is 170 g/mol. The first kappa shape index (κ1) is 8.87. The SMILES string of the molecule is CC(=O)NC(=S)c1ccccc1. The van der Waals surface area contributed by atoms with Crippen LogP contribution in [0.4, 0.5) is 0 Å². The zero-order valence-corrected chi connectivity index (χ0v) is 7.52. The summed E-state index contributed by atoms with van der Waals surface area (Å²) in [7, 11) is 0. The quantitative estimate of drug-likeness (QED) is 0.662. The fourth-order valence-electron chi connectivity index (χ4n) is 0.822. The second-order valence-electron chi connectivity index (χ2n) is 2.38. The van der Waals surface area contributed by atoms with Crippen molar-refractivity contribution in [2.75, 3.05) is 0 Å². The molecule has 1 aromatic carbocycles. The standard InChI is InChI=1S/C9H9NOS/c1-7(11)10-9(12)8-5-3-2-4-6-8/h2-6H,1H3,(H,10,11,12). The van der Waals surface area contributed by atoms with Gasteiger partial charge >= 0.3 is 0 Å². The Hall–Kier alpha value is -1.22. The Bertz CT molecular complexity index is 295. The number of benzene rings is 1. The number of hydrogen-bond donors (Lipinski definition) is 1. The van der Waals surface area contributed by atoms with E-state index in [0.717, 1.165) is 5.56 Å². The summed E-state index contributed by atoms with van der Waals surface area (Å²) in [5, 5.41) is 2.55. The van der Waals surface area contributed by atoms with Gasteiger partial charge in [0.15, 0.2) is 0 Å². The number of carbonyl (C=O) groups excluding carboxylic acids is 1. The molecule has 2 nitrogen and oxygen atoms in total. The van der Waals surface area contributed by atoms with E-state index in [1.165, 1.54) is 6.92 Å². The molecule has 0 bridgehead atoms. The molecule has 0 unspecified atom stereocenters. The lowest BCUT2D eigenvalue weighted by molar-refractivity contribution is -0.117. The van der Waals surface area contributed by atoms with Gasteiger partial charge in [-0.05, 0) is 0 Å². The highest BCUT2D eigenvalue weighted by molar-refractivity contribution is 7.80. The zero-order chi connectivity index (χ0) is 8.97. The molecule has 12 heavy (non-hydrogen) atoms. The van der Waals surface area contributed by atoms with E-state index in [4.69, 9.17) is 12.2 Å². The topological polar surface area (TPSA) is 29.1 Å². The van der Waals surface area contributed by atoms with Crippen LogP contribution in [0.3, 0.4) is 0 Å². The van der Waals surface area contributed by atoms with Crippen LogP contribution < -0.4 is 5.32 Å². The summed E-state index contributed by atoms with van der Waals surface area (Å²) in [6.07, 6.45) is 0. The van der Waals surface area contributed by atoms with Crippen LogP contribution >= 0.6 is 12.2 Å². The minimum atomic E-state index is -0.135. The average molecular weight is 179 g/mol. The Balaban J connectivity index is 2.73. The normalized spacial score (nSPS) is 9.08. The molecule has 0 atom stereocenters. The summed E-state index contributed by atoms with van der Waals surface area (Å²) in [5.41, 5.74) is 0.864. The van der Waals surface area contributed by atoms with Crippen molar-refractivity contribution >= 4 is 23.1 Å². The van der Waals surface area contributed by atoms with Crippen molar-refractivity contribution in [3.63, 3.8) is 0 Å². The molecule has 0 spiro atoms. The van der Waals surface area contributed by atoms with Crippen LogP contribution in [0, 0.1) is 0 Å². The molecule has 0 radical (unpaired) electrons. The van der Waals surface area contributed by atoms with Crippen LogP contribution in [0.15, 0.2) is 30.3 Å². The first-order valence-electron chi connectivity index (χ1n) is 3.57. The van der Waals surface area contributed by atoms with Crippen molar-refractivity contribution in [2.24, 2.45) is 0 Å². The molecule has 0 aromatic heterocycles. The second-order valence-corrected chi connectivity index (χ2v) is 2.78. The Labute approximate surface area is 76.6 Å². The molecule has 0 aliphatic rings. The van der Waals surface area contributed by atoms with Crippen LogP contribution in [0.2, 0.25) is 0 Å². The number of carbonyl (C=O) groups is 1. The van der Waals surface area contributed by atoms with Crippen LogP contribution in [0.5, 0.6) is 0 Å². The Morgan fingerprint density at radius 1 is 1.33 bits per heavy atom. The highest BCUT2D eigenvalue weighted by Crippen LogP contribution is 1.98. The van der Waals surface area contributed by atoms with Crippen LogP contribution in [-0.4, -0.2) is 10.9 Å². The van der Waals surface area contributed by atoms with Gasteiger partial charge in [-0.1, -0.05) is 42.5 Å². The molecule has 0 aliphatic heterocycles. The summed E-state index contributed by atoms with van der Waals surface area (Å²) in [4.78, 5) is 11.1. The number of rotatable bonds is 1. The smallest absolute Gasteiger partial charge is 0.221 e. The third kappa shape index (κ3) is 2.43. The van der Waals surface area contributed by atoms with E-state index in [9.17, 15) is 4.79 Å². The van der Waals surface area contributed by atoms with Crippen molar-refractivity contribution in [3.8, 4) is 0 Å². The highest BCUT2D eigenvalue weighted by atomic mass is 32.1. The highest BCUT2D eigenvalue weighted by Gasteiger charge is 1.99. The fourth-order valence-corrected chi connectivity index (χ4v) is 1.10. The largest absolute Gasteiger partial charge is 0.317 e. The van der Waals surface area contributed by atoms with Gasteiger partial charge in [0.25, 0.3) is 0 Å². The van der Waals surface area contributed by atoms with Crippen molar-refractivity contribution in [2.45, 2.75) is 6.92 Å². The van der Waals surface area contributed by atoms with Crippen molar-refractivity contribution in [1.82, 2.24) is 5.32 Å². The Morgan fingerprint density at radius 2 is 1.92 bits per heavy atom. The third-order valence-electron chi connectivity index (χ3n) is 1.33. The second kappa shape index (κ2) is 3.97. The number of hydrogen-bond acceptors (Lipinski definition) is 2. The van der Waals surface area contributed by atoms with Crippen molar-refractivity contribution in [3.05, 3.63) is 35.9 Å². The summed E-state index contributed by atoms with van der Waals surface area (Å²) < 4.78 is 0. The zero-order valence-electron chi connectivity index (χ0n) is 6.70. The molecule has 0 saturated carbocycles. The minimum absolute atomic E-state index is 0.135. The van der Waals surface area contributed by atoms with E-state index >= 15 is 0 Å². The van der Waals surface area contributed by atoms with E-state index in [1.807, 2.05) is 30.3 Å². The van der Waals surface area contributed by atoms with Gasteiger partial charge in [-0.15, -0.1) is 0 Å². The lowest BCUT2D eigenvalue weighted by Crippen LogP contribution is -2.26. The summed E-state index contributed by atoms with van der Waals surface area (Å²) in [6, 6.07) is 9.38. The predicted molar refractivity (Wildman–Crippen MR) is 52.0 cm³/mol. The number of amides is 1. The van der Waals surface area contributed by atoms with Crippen molar-refractivity contribution < 1.29 is 4.79 Å².